The molecule has 3 fully saturated rings. The molecule has 1 aromatic heterocycles. The van der Waals surface area contributed by atoms with E-state index in [0.717, 1.165) is 42.8 Å². The first-order valence-electron chi connectivity index (χ1n) is 9.98. The number of amides is 2. The summed E-state index contributed by atoms with van der Waals surface area (Å²) in [7, 11) is 1.84. The second-order valence-electron chi connectivity index (χ2n) is 7.91. The number of aromatic nitrogens is 2. The molecule has 0 saturated carbocycles. The normalized spacial score (nSPS) is 30.5. The summed E-state index contributed by atoms with van der Waals surface area (Å²) < 4.78 is 7.96. The Bertz CT molecular complexity index is 782. The summed E-state index contributed by atoms with van der Waals surface area (Å²) >= 11 is 0. The molecule has 0 aromatic carbocycles. The third-order valence-electron chi connectivity index (χ3n) is 6.46. The van der Waals surface area contributed by atoms with Crippen LogP contribution in [0.3, 0.4) is 0 Å². The lowest BCUT2D eigenvalue weighted by atomic mass is 9.73. The molecule has 3 N–H and O–H groups in total. The summed E-state index contributed by atoms with van der Waals surface area (Å²) in [5, 5.41) is 7.60. The molecule has 156 valence electrons. The fourth-order valence-electron chi connectivity index (χ4n) is 5.32. The third kappa shape index (κ3) is 2.93. The van der Waals surface area contributed by atoms with Crippen LogP contribution in [0, 0.1) is 11.8 Å². The number of carbonyl (C=O) groups is 2. The van der Waals surface area contributed by atoms with Gasteiger partial charge in [-0.15, -0.1) is 12.4 Å². The van der Waals surface area contributed by atoms with Crippen molar-refractivity contribution in [2.75, 3.05) is 25.0 Å². The van der Waals surface area contributed by atoms with Crippen molar-refractivity contribution < 1.29 is 14.3 Å². The van der Waals surface area contributed by atoms with Crippen LogP contribution >= 0.6 is 12.4 Å². The molecule has 28 heavy (non-hydrogen) atoms. The summed E-state index contributed by atoms with van der Waals surface area (Å²) in [6.07, 6.45) is 3.10. The lowest BCUT2D eigenvalue weighted by molar-refractivity contribution is -0.136. The summed E-state index contributed by atoms with van der Waals surface area (Å²) in [4.78, 5) is 28.0. The van der Waals surface area contributed by atoms with Gasteiger partial charge >= 0.3 is 0 Å². The summed E-state index contributed by atoms with van der Waals surface area (Å²) in [5.41, 5.74) is 7.21. The van der Waals surface area contributed by atoms with Crippen molar-refractivity contribution in [1.82, 2.24) is 14.7 Å². The quantitative estimate of drug-likeness (QED) is 0.723. The highest BCUT2D eigenvalue weighted by atomic mass is 35.5. The Labute approximate surface area is 171 Å². The Balaban J connectivity index is 0.00000225. The molecule has 3 aliphatic rings. The van der Waals surface area contributed by atoms with Gasteiger partial charge in [0.1, 0.15) is 5.82 Å². The average Bonchev–Trinajstić information content (AvgIpc) is 3.35. The number of hydrogen-bond donors (Lipinski definition) is 2. The van der Waals surface area contributed by atoms with Crippen LogP contribution in [0.1, 0.15) is 37.9 Å². The fourth-order valence-corrected chi connectivity index (χ4v) is 5.32. The number of fused-ring (bicyclic) bond motifs is 1. The Kier molecular flexibility index (Phi) is 5.76. The van der Waals surface area contributed by atoms with Crippen LogP contribution in [0.5, 0.6) is 0 Å². The Morgan fingerprint density at radius 3 is 2.79 bits per heavy atom. The van der Waals surface area contributed by atoms with Gasteiger partial charge in [0, 0.05) is 25.7 Å². The van der Waals surface area contributed by atoms with Crippen LogP contribution in [-0.4, -0.2) is 57.8 Å². The number of aryl methyl sites for hydroxylation is 2. The van der Waals surface area contributed by atoms with Gasteiger partial charge < -0.3 is 20.7 Å². The highest BCUT2D eigenvalue weighted by molar-refractivity contribution is 5.98. The first kappa shape index (κ1) is 21.1. The minimum Gasteiger partial charge on any atom is -0.368 e. The molecule has 0 radical (unpaired) electrons. The van der Waals surface area contributed by atoms with Gasteiger partial charge in [-0.05, 0) is 25.7 Å². The Morgan fingerprint density at radius 2 is 2.14 bits per heavy atom. The van der Waals surface area contributed by atoms with Crippen molar-refractivity contribution in [1.29, 1.82) is 0 Å². The number of rotatable bonds is 6. The second kappa shape index (κ2) is 7.65. The van der Waals surface area contributed by atoms with Crippen LogP contribution in [0.25, 0.3) is 0 Å². The second-order valence-corrected chi connectivity index (χ2v) is 7.91. The van der Waals surface area contributed by atoms with E-state index in [1.165, 1.54) is 0 Å². The highest BCUT2D eigenvalue weighted by Crippen LogP contribution is 2.55. The number of hydrogen-bond acceptors (Lipinski definition) is 5. The van der Waals surface area contributed by atoms with Gasteiger partial charge in [-0.25, -0.2) is 0 Å². The van der Waals surface area contributed by atoms with E-state index in [1.54, 1.807) is 9.58 Å². The molecule has 4 heterocycles. The number of likely N-dealkylation sites (tertiary alicyclic amines) is 1. The van der Waals surface area contributed by atoms with Crippen molar-refractivity contribution in [3.8, 4) is 0 Å². The van der Waals surface area contributed by atoms with Gasteiger partial charge in [-0.1, -0.05) is 13.8 Å². The predicted octanol–water partition coefficient (Wildman–Crippen LogP) is 0.870. The molecule has 1 spiro atoms. The van der Waals surface area contributed by atoms with Gasteiger partial charge in [0.05, 0.1) is 35.8 Å². The van der Waals surface area contributed by atoms with Crippen molar-refractivity contribution >= 4 is 30.0 Å². The molecule has 9 heteroatoms. The van der Waals surface area contributed by atoms with Crippen LogP contribution in [0.15, 0.2) is 0 Å². The minimum atomic E-state index is -0.506. The molecular weight excluding hydrogens is 382 g/mol. The molecule has 8 nitrogen and oxygen atoms in total. The van der Waals surface area contributed by atoms with Crippen molar-refractivity contribution in [2.45, 2.75) is 51.2 Å². The zero-order valence-corrected chi connectivity index (χ0v) is 17.6. The maximum Gasteiger partial charge on any atom is 0.232 e. The number of anilines is 1. The van der Waals surface area contributed by atoms with Gasteiger partial charge in [-0.3, -0.25) is 14.3 Å². The SMILES string of the molecule is CCc1nn(C)c(NC(=O)[C@H]2[C@@H]3CC[C@@]4(CN(CCN)C(=O)[C@@H]24)O3)c1CC.Cl. The van der Waals surface area contributed by atoms with E-state index in [2.05, 4.69) is 24.3 Å². The molecule has 2 amide bonds. The largest absolute Gasteiger partial charge is 0.368 e. The Morgan fingerprint density at radius 1 is 1.39 bits per heavy atom. The van der Waals surface area contributed by atoms with Crippen molar-refractivity contribution in [2.24, 2.45) is 24.6 Å². The summed E-state index contributed by atoms with van der Waals surface area (Å²) in [6.45, 7) is 5.61. The van der Waals surface area contributed by atoms with Gasteiger partial charge in [-0.2, -0.15) is 5.10 Å². The maximum atomic E-state index is 13.2. The van der Waals surface area contributed by atoms with Gasteiger partial charge in [0.15, 0.2) is 0 Å². The van der Waals surface area contributed by atoms with E-state index >= 15 is 0 Å². The molecule has 4 atom stereocenters. The van der Waals surface area contributed by atoms with Crippen LogP contribution in [0.4, 0.5) is 5.82 Å². The zero-order valence-electron chi connectivity index (χ0n) is 16.7. The number of nitrogens with two attached hydrogens (primary N) is 1. The van der Waals surface area contributed by atoms with E-state index in [9.17, 15) is 9.59 Å². The average molecular weight is 412 g/mol. The number of nitrogens with one attached hydrogen (secondary N) is 1. The van der Waals surface area contributed by atoms with Crippen LogP contribution < -0.4 is 11.1 Å². The molecule has 1 aromatic rings. The lowest BCUT2D eigenvalue weighted by Crippen LogP contribution is -2.43. The summed E-state index contributed by atoms with van der Waals surface area (Å²) in [6, 6.07) is 0. The van der Waals surface area contributed by atoms with E-state index in [0.29, 0.717) is 19.6 Å². The van der Waals surface area contributed by atoms with Crippen molar-refractivity contribution in [3.63, 3.8) is 0 Å². The van der Waals surface area contributed by atoms with Crippen LogP contribution in [0.2, 0.25) is 0 Å². The molecule has 3 saturated heterocycles. The van der Waals surface area contributed by atoms with E-state index in [-0.39, 0.29) is 30.3 Å². The molecule has 3 aliphatic heterocycles. The van der Waals surface area contributed by atoms with Gasteiger partial charge in [0.2, 0.25) is 11.8 Å². The highest BCUT2D eigenvalue weighted by Gasteiger charge is 2.68. The standard InChI is InChI=1S/C19H29N5O3.ClH/c1-4-11-12(5-2)22-23(3)16(11)21-17(25)14-13-6-7-19(27-13)10-24(9-8-20)18(26)15(14)19;/h13-15H,4-10,20H2,1-3H3,(H,21,25);1H/t13-,14-,15+,19-;/m0./s1. The monoisotopic (exact) mass is 411 g/mol. The molecule has 4 rings (SSSR count). The summed E-state index contributed by atoms with van der Waals surface area (Å²) in [5.74, 6) is -0.224. The first-order chi connectivity index (χ1) is 13.0. The fraction of sp³-hybridized carbons (Fsp3) is 0.737. The lowest BCUT2D eigenvalue weighted by Gasteiger charge is -2.27. The van der Waals surface area contributed by atoms with Crippen LogP contribution in [-0.2, 0) is 34.2 Å². The van der Waals surface area contributed by atoms with E-state index in [4.69, 9.17) is 10.5 Å². The van der Waals surface area contributed by atoms with Crippen molar-refractivity contribution in [3.05, 3.63) is 11.3 Å². The number of nitrogens with zero attached hydrogens (tertiary/aromatic N) is 3. The molecule has 2 bridgehead atoms. The zero-order chi connectivity index (χ0) is 19.3. The number of carbonyl (C=O) groups excluding carboxylic acids is 2. The van der Waals surface area contributed by atoms with E-state index < -0.39 is 17.4 Å². The molecule has 0 aliphatic carbocycles. The van der Waals surface area contributed by atoms with Gasteiger partial charge in [0.25, 0.3) is 0 Å². The predicted molar refractivity (Wildman–Crippen MR) is 107 cm³/mol. The minimum absolute atomic E-state index is 0. The molecule has 0 unspecified atom stereocenters. The maximum absolute atomic E-state index is 13.2. The Hall–Kier alpha value is -1.64. The molecular formula is C19H30ClN5O3. The van der Waals surface area contributed by atoms with E-state index in [1.807, 2.05) is 7.05 Å². The number of halogens is 1. The number of ether oxygens (including phenoxy) is 1. The topological polar surface area (TPSA) is 102 Å². The smallest absolute Gasteiger partial charge is 0.232 e. The first-order valence-corrected chi connectivity index (χ1v) is 9.98. The third-order valence-corrected chi connectivity index (χ3v) is 6.46.